The van der Waals surface area contributed by atoms with Gasteiger partial charge in [-0.15, -0.1) is 0 Å². The standard InChI is InChI=1S/C15H11ClF4N2OS/c1-23-13-5-3-9(7-12(13)17)22-14(24)21-8-2-4-11(16)10(6-8)15(18,19)20/h2-7H,1H3,(H2,21,22,24). The fourth-order valence-electron chi connectivity index (χ4n) is 1.86. The summed E-state index contributed by atoms with van der Waals surface area (Å²) in [5.41, 5.74) is -0.568. The SMILES string of the molecule is COc1ccc(NC(=S)Nc2ccc(Cl)c(C(F)(F)F)c2)cc1F. The number of alkyl halides is 3. The molecule has 2 rings (SSSR count). The van der Waals surface area contributed by atoms with E-state index in [1.807, 2.05) is 0 Å². The van der Waals surface area contributed by atoms with E-state index in [1.54, 1.807) is 0 Å². The molecule has 0 atom stereocenters. The lowest BCUT2D eigenvalue weighted by atomic mass is 10.2. The third kappa shape index (κ3) is 4.48. The monoisotopic (exact) mass is 378 g/mol. The second-order valence-electron chi connectivity index (χ2n) is 4.62. The molecule has 2 aromatic rings. The molecule has 0 radical (unpaired) electrons. The first-order chi connectivity index (χ1) is 11.2. The summed E-state index contributed by atoms with van der Waals surface area (Å²) >= 11 is 10.5. The van der Waals surface area contributed by atoms with Crippen LogP contribution in [0, 0.1) is 5.82 Å². The fourth-order valence-corrected chi connectivity index (χ4v) is 2.32. The molecule has 0 aliphatic carbocycles. The average Bonchev–Trinajstić information content (AvgIpc) is 2.48. The Labute approximate surface area is 145 Å². The van der Waals surface area contributed by atoms with Gasteiger partial charge in [-0.3, -0.25) is 0 Å². The van der Waals surface area contributed by atoms with E-state index >= 15 is 0 Å². The molecule has 0 saturated carbocycles. The van der Waals surface area contributed by atoms with Crippen molar-refractivity contribution in [1.29, 1.82) is 0 Å². The largest absolute Gasteiger partial charge is 0.494 e. The third-order valence-electron chi connectivity index (χ3n) is 2.94. The van der Waals surface area contributed by atoms with Crippen LogP contribution in [0.2, 0.25) is 5.02 Å². The Morgan fingerprint density at radius 1 is 1.08 bits per heavy atom. The van der Waals surface area contributed by atoms with Gasteiger partial charge < -0.3 is 15.4 Å². The van der Waals surface area contributed by atoms with Crippen LogP contribution in [-0.2, 0) is 6.18 Å². The van der Waals surface area contributed by atoms with E-state index in [0.717, 1.165) is 18.2 Å². The number of nitrogens with one attached hydrogen (secondary N) is 2. The summed E-state index contributed by atoms with van der Waals surface area (Å²) in [6.45, 7) is 0. The Balaban J connectivity index is 2.11. The number of hydrogen-bond donors (Lipinski definition) is 2. The lowest BCUT2D eigenvalue weighted by molar-refractivity contribution is -0.137. The van der Waals surface area contributed by atoms with E-state index in [0.29, 0.717) is 5.69 Å². The van der Waals surface area contributed by atoms with Crippen molar-refractivity contribution in [2.45, 2.75) is 6.18 Å². The minimum atomic E-state index is -4.58. The van der Waals surface area contributed by atoms with Crippen LogP contribution < -0.4 is 15.4 Å². The van der Waals surface area contributed by atoms with Crippen molar-refractivity contribution in [2.75, 3.05) is 17.7 Å². The van der Waals surface area contributed by atoms with Gasteiger partial charge in [0.25, 0.3) is 0 Å². The van der Waals surface area contributed by atoms with Crippen molar-refractivity contribution in [3.8, 4) is 5.75 Å². The number of halogens is 5. The van der Waals surface area contributed by atoms with E-state index in [-0.39, 0.29) is 16.5 Å². The topological polar surface area (TPSA) is 33.3 Å². The molecule has 0 aliphatic rings. The Kier molecular flexibility index (Phi) is 5.51. The fraction of sp³-hybridized carbons (Fsp3) is 0.133. The molecule has 0 saturated heterocycles. The van der Waals surface area contributed by atoms with Gasteiger partial charge in [0.2, 0.25) is 0 Å². The lowest BCUT2D eigenvalue weighted by Gasteiger charge is -2.14. The van der Waals surface area contributed by atoms with E-state index in [9.17, 15) is 17.6 Å². The maximum absolute atomic E-state index is 13.6. The maximum atomic E-state index is 13.6. The summed E-state index contributed by atoms with van der Waals surface area (Å²) in [5, 5.41) is 4.83. The van der Waals surface area contributed by atoms with Crippen LogP contribution >= 0.6 is 23.8 Å². The Hall–Kier alpha value is -2.06. The van der Waals surface area contributed by atoms with Gasteiger partial charge in [-0.1, -0.05) is 11.6 Å². The number of benzene rings is 2. The summed E-state index contributed by atoms with van der Waals surface area (Å²) in [5.74, 6) is -0.539. The summed E-state index contributed by atoms with van der Waals surface area (Å²) < 4.78 is 56.8. The van der Waals surface area contributed by atoms with E-state index in [1.165, 1.54) is 25.3 Å². The Morgan fingerprint density at radius 3 is 2.21 bits per heavy atom. The van der Waals surface area contributed by atoms with Gasteiger partial charge in [-0.25, -0.2) is 4.39 Å². The first-order valence-electron chi connectivity index (χ1n) is 6.49. The quantitative estimate of drug-likeness (QED) is 0.559. The van der Waals surface area contributed by atoms with Crippen LogP contribution in [0.5, 0.6) is 5.75 Å². The van der Waals surface area contributed by atoms with Crippen LogP contribution in [-0.4, -0.2) is 12.2 Å². The molecule has 24 heavy (non-hydrogen) atoms. The number of methoxy groups -OCH3 is 1. The van der Waals surface area contributed by atoms with Gasteiger partial charge in [0.1, 0.15) is 0 Å². The molecule has 0 heterocycles. The summed E-state index contributed by atoms with van der Waals surface area (Å²) in [6.07, 6.45) is -4.58. The highest BCUT2D eigenvalue weighted by atomic mass is 35.5. The van der Waals surface area contributed by atoms with Crippen molar-refractivity contribution in [2.24, 2.45) is 0 Å². The van der Waals surface area contributed by atoms with Crippen LogP contribution in [0.4, 0.5) is 28.9 Å². The smallest absolute Gasteiger partial charge is 0.417 e. The molecule has 2 aromatic carbocycles. The maximum Gasteiger partial charge on any atom is 0.417 e. The van der Waals surface area contributed by atoms with Crippen LogP contribution in [0.3, 0.4) is 0 Å². The zero-order valence-corrected chi connectivity index (χ0v) is 13.7. The highest BCUT2D eigenvalue weighted by Crippen LogP contribution is 2.36. The zero-order chi connectivity index (χ0) is 17.9. The van der Waals surface area contributed by atoms with Crippen molar-refractivity contribution in [3.63, 3.8) is 0 Å². The van der Waals surface area contributed by atoms with E-state index in [2.05, 4.69) is 10.6 Å². The van der Waals surface area contributed by atoms with Gasteiger partial charge in [0.05, 0.1) is 17.7 Å². The minimum absolute atomic E-state index is 0.00462. The zero-order valence-electron chi connectivity index (χ0n) is 12.2. The molecule has 0 bridgehead atoms. The number of hydrogen-bond acceptors (Lipinski definition) is 2. The van der Waals surface area contributed by atoms with Gasteiger partial charge >= 0.3 is 6.18 Å². The molecule has 0 aromatic heterocycles. The number of anilines is 2. The first kappa shape index (κ1) is 18.3. The summed E-state index contributed by atoms with van der Waals surface area (Å²) in [6, 6.07) is 7.35. The molecule has 0 aliphatic heterocycles. The molecule has 9 heteroatoms. The van der Waals surface area contributed by atoms with Crippen molar-refractivity contribution >= 4 is 40.3 Å². The minimum Gasteiger partial charge on any atom is -0.494 e. The Bertz CT molecular complexity index is 768. The molecule has 3 nitrogen and oxygen atoms in total. The van der Waals surface area contributed by atoms with Crippen molar-refractivity contribution in [1.82, 2.24) is 0 Å². The second kappa shape index (κ2) is 7.23. The average molecular weight is 379 g/mol. The molecular formula is C15H11ClF4N2OS. The van der Waals surface area contributed by atoms with Crippen LogP contribution in [0.1, 0.15) is 5.56 Å². The van der Waals surface area contributed by atoms with Gasteiger partial charge in [0.15, 0.2) is 16.7 Å². The third-order valence-corrected chi connectivity index (χ3v) is 3.47. The number of ether oxygens (including phenoxy) is 1. The number of rotatable bonds is 3. The molecule has 128 valence electrons. The molecule has 0 amide bonds. The van der Waals surface area contributed by atoms with E-state index in [4.69, 9.17) is 28.6 Å². The van der Waals surface area contributed by atoms with Crippen molar-refractivity contribution < 1.29 is 22.3 Å². The molecule has 0 fully saturated rings. The lowest BCUT2D eigenvalue weighted by Crippen LogP contribution is -2.19. The Morgan fingerprint density at radius 2 is 1.67 bits per heavy atom. The van der Waals surface area contributed by atoms with Crippen LogP contribution in [0.25, 0.3) is 0 Å². The molecule has 0 unspecified atom stereocenters. The van der Waals surface area contributed by atoms with E-state index < -0.39 is 22.6 Å². The second-order valence-corrected chi connectivity index (χ2v) is 5.44. The summed E-state index contributed by atoms with van der Waals surface area (Å²) in [7, 11) is 1.33. The summed E-state index contributed by atoms with van der Waals surface area (Å²) in [4.78, 5) is 0. The molecular weight excluding hydrogens is 368 g/mol. The highest BCUT2D eigenvalue weighted by Gasteiger charge is 2.33. The predicted octanol–water partition coefficient (Wildman–Crippen LogP) is 5.32. The van der Waals surface area contributed by atoms with Gasteiger partial charge in [-0.05, 0) is 42.5 Å². The predicted molar refractivity (Wildman–Crippen MR) is 89.2 cm³/mol. The first-order valence-corrected chi connectivity index (χ1v) is 7.27. The number of thiocarbonyl (C=S) groups is 1. The normalized spacial score (nSPS) is 11.1. The van der Waals surface area contributed by atoms with Gasteiger partial charge in [0, 0.05) is 17.4 Å². The highest BCUT2D eigenvalue weighted by molar-refractivity contribution is 7.80. The van der Waals surface area contributed by atoms with Crippen molar-refractivity contribution in [3.05, 3.63) is 52.8 Å². The molecule has 0 spiro atoms. The van der Waals surface area contributed by atoms with Crippen LogP contribution in [0.15, 0.2) is 36.4 Å². The van der Waals surface area contributed by atoms with Gasteiger partial charge in [-0.2, -0.15) is 13.2 Å². The molecule has 2 N–H and O–H groups in total.